The molecule has 2 aromatic rings. The van der Waals surface area contributed by atoms with Crippen LogP contribution in [-0.2, 0) is 13.6 Å². The van der Waals surface area contributed by atoms with Gasteiger partial charge in [0.15, 0.2) is 5.96 Å². The topological polar surface area (TPSA) is 74.5 Å². The molecular formula is C20H34IN5O. The number of hydrogen-bond donors (Lipinski definition) is 3. The van der Waals surface area contributed by atoms with E-state index in [0.717, 1.165) is 49.1 Å². The van der Waals surface area contributed by atoms with Gasteiger partial charge in [-0.3, -0.25) is 0 Å². The van der Waals surface area contributed by atoms with Gasteiger partial charge < -0.3 is 20.3 Å². The van der Waals surface area contributed by atoms with Crippen molar-refractivity contribution < 1.29 is 5.11 Å². The van der Waals surface area contributed by atoms with Crippen LogP contribution in [0.1, 0.15) is 52.3 Å². The molecule has 6 nitrogen and oxygen atoms in total. The second-order valence-electron chi connectivity index (χ2n) is 6.85. The van der Waals surface area contributed by atoms with Crippen molar-refractivity contribution in [3.63, 3.8) is 0 Å². The molecule has 0 aliphatic rings. The van der Waals surface area contributed by atoms with Crippen LogP contribution in [0.3, 0.4) is 0 Å². The number of imidazole rings is 1. The van der Waals surface area contributed by atoms with Crippen LogP contribution in [0, 0.1) is 0 Å². The number of benzene rings is 1. The third kappa shape index (κ3) is 6.64. The van der Waals surface area contributed by atoms with Crippen molar-refractivity contribution in [3.8, 4) is 0 Å². The monoisotopic (exact) mass is 487 g/mol. The second-order valence-corrected chi connectivity index (χ2v) is 6.85. The minimum absolute atomic E-state index is 0. The van der Waals surface area contributed by atoms with Gasteiger partial charge in [-0.15, -0.1) is 24.0 Å². The molecule has 0 aliphatic carbocycles. The van der Waals surface area contributed by atoms with Gasteiger partial charge in [0.05, 0.1) is 16.6 Å². The summed E-state index contributed by atoms with van der Waals surface area (Å²) in [6, 6.07) is 8.09. The zero-order valence-electron chi connectivity index (χ0n) is 17.0. The average molecular weight is 487 g/mol. The summed E-state index contributed by atoms with van der Waals surface area (Å²) < 4.78 is 2.08. The number of nitrogens with zero attached hydrogens (tertiary/aromatic N) is 3. The lowest BCUT2D eigenvalue weighted by molar-refractivity contribution is 0.0257. The normalized spacial score (nSPS) is 12.1. The van der Waals surface area contributed by atoms with Crippen molar-refractivity contribution in [3.05, 3.63) is 30.1 Å². The molecule has 0 radical (unpaired) electrons. The fraction of sp³-hybridized carbons (Fsp3) is 0.600. The van der Waals surface area contributed by atoms with E-state index in [2.05, 4.69) is 45.1 Å². The Labute approximate surface area is 179 Å². The van der Waals surface area contributed by atoms with E-state index in [-0.39, 0.29) is 24.0 Å². The van der Waals surface area contributed by atoms with Gasteiger partial charge >= 0.3 is 0 Å². The zero-order valence-corrected chi connectivity index (χ0v) is 19.3. The van der Waals surface area contributed by atoms with Crippen LogP contribution in [0.2, 0.25) is 0 Å². The van der Waals surface area contributed by atoms with Gasteiger partial charge in [0.2, 0.25) is 0 Å². The summed E-state index contributed by atoms with van der Waals surface area (Å²) in [5.41, 5.74) is 1.41. The molecule has 27 heavy (non-hydrogen) atoms. The predicted octanol–water partition coefficient (Wildman–Crippen LogP) is 3.58. The Bertz CT molecular complexity index is 722. The van der Waals surface area contributed by atoms with Crippen molar-refractivity contribution in [1.82, 2.24) is 20.2 Å². The molecule has 0 saturated carbocycles. The molecule has 0 fully saturated rings. The first-order chi connectivity index (χ1) is 12.5. The Balaban J connectivity index is 0.00000364. The number of halogens is 1. The number of aryl methyl sites for hydroxylation is 1. The van der Waals surface area contributed by atoms with Gasteiger partial charge in [0, 0.05) is 20.1 Å². The Hall–Kier alpha value is -1.35. The summed E-state index contributed by atoms with van der Waals surface area (Å²) in [5.74, 6) is 1.63. The van der Waals surface area contributed by atoms with Crippen molar-refractivity contribution in [2.75, 3.05) is 13.1 Å². The number of nitrogens with one attached hydrogen (secondary N) is 2. The highest BCUT2D eigenvalue weighted by molar-refractivity contribution is 14.0. The Morgan fingerprint density at radius 1 is 1.15 bits per heavy atom. The minimum Gasteiger partial charge on any atom is -0.388 e. The van der Waals surface area contributed by atoms with E-state index >= 15 is 0 Å². The first-order valence-electron chi connectivity index (χ1n) is 9.68. The Kier molecular flexibility index (Phi) is 10.1. The summed E-state index contributed by atoms with van der Waals surface area (Å²) in [5, 5.41) is 17.4. The van der Waals surface area contributed by atoms with Crippen molar-refractivity contribution >= 4 is 41.0 Å². The molecule has 1 aromatic carbocycles. The number of hydrogen-bond acceptors (Lipinski definition) is 3. The lowest BCUT2D eigenvalue weighted by atomic mass is 9.93. The van der Waals surface area contributed by atoms with Gasteiger partial charge in [-0.05, 0) is 31.9 Å². The number of fused-ring (bicyclic) bond motifs is 1. The number of aromatic nitrogens is 2. The fourth-order valence-corrected chi connectivity index (χ4v) is 3.31. The Morgan fingerprint density at radius 2 is 1.81 bits per heavy atom. The van der Waals surface area contributed by atoms with Crippen LogP contribution in [0.15, 0.2) is 29.3 Å². The van der Waals surface area contributed by atoms with Gasteiger partial charge in [-0.2, -0.15) is 0 Å². The molecule has 0 bridgehead atoms. The van der Waals surface area contributed by atoms with Gasteiger partial charge in [0.25, 0.3) is 0 Å². The minimum atomic E-state index is -0.683. The van der Waals surface area contributed by atoms with Gasteiger partial charge in [-0.25, -0.2) is 9.98 Å². The van der Waals surface area contributed by atoms with Crippen LogP contribution in [0.25, 0.3) is 11.0 Å². The van der Waals surface area contributed by atoms with Crippen LogP contribution in [0.5, 0.6) is 0 Å². The molecule has 1 heterocycles. The maximum atomic E-state index is 10.8. The number of aliphatic hydroxyl groups is 1. The van der Waals surface area contributed by atoms with Crippen molar-refractivity contribution in [2.24, 2.45) is 12.0 Å². The molecule has 0 spiro atoms. The van der Waals surface area contributed by atoms with E-state index in [4.69, 9.17) is 0 Å². The van der Waals surface area contributed by atoms with E-state index in [0.29, 0.717) is 19.0 Å². The molecule has 2 rings (SSSR count). The molecule has 0 aliphatic heterocycles. The van der Waals surface area contributed by atoms with E-state index in [1.54, 1.807) is 0 Å². The molecule has 1 aromatic heterocycles. The quantitative estimate of drug-likeness (QED) is 0.287. The van der Waals surface area contributed by atoms with E-state index in [1.807, 2.05) is 32.2 Å². The number of rotatable bonds is 9. The van der Waals surface area contributed by atoms with E-state index < -0.39 is 5.60 Å². The molecule has 0 unspecified atom stereocenters. The summed E-state index contributed by atoms with van der Waals surface area (Å²) in [6.07, 6.45) is 3.51. The highest BCUT2D eigenvalue weighted by atomic mass is 127. The molecule has 3 N–H and O–H groups in total. The molecule has 0 saturated heterocycles. The Morgan fingerprint density at radius 3 is 2.41 bits per heavy atom. The zero-order chi connectivity index (χ0) is 19.0. The van der Waals surface area contributed by atoms with E-state index in [1.165, 1.54) is 0 Å². The maximum Gasteiger partial charge on any atom is 0.191 e. The number of para-hydroxylation sites is 2. The number of aliphatic imine (C=N–C) groups is 1. The standard InChI is InChI=1S/C20H33N5O.HI/c1-5-12-20(26,13-6-2)15-23-19(21-7-3)22-14-18-24-16-10-8-9-11-17(16)25(18)4;/h8-11,26H,5-7,12-15H2,1-4H3,(H2,21,22,23);1H. The smallest absolute Gasteiger partial charge is 0.191 e. The summed E-state index contributed by atoms with van der Waals surface area (Å²) in [7, 11) is 2.02. The van der Waals surface area contributed by atoms with Crippen LogP contribution in [-0.4, -0.2) is 39.3 Å². The summed E-state index contributed by atoms with van der Waals surface area (Å²) >= 11 is 0. The largest absolute Gasteiger partial charge is 0.388 e. The molecule has 7 heteroatoms. The summed E-state index contributed by atoms with van der Waals surface area (Å²) in [4.78, 5) is 9.33. The SMILES string of the molecule is CCCC(O)(CCC)CNC(=NCc1nc2ccccc2n1C)NCC.I. The lowest BCUT2D eigenvalue weighted by Crippen LogP contribution is -2.47. The lowest BCUT2D eigenvalue weighted by Gasteiger charge is -2.28. The second kappa shape index (κ2) is 11.5. The first-order valence-corrected chi connectivity index (χ1v) is 9.68. The highest BCUT2D eigenvalue weighted by Crippen LogP contribution is 2.18. The average Bonchev–Trinajstić information content (AvgIpc) is 2.94. The van der Waals surface area contributed by atoms with Crippen LogP contribution >= 0.6 is 24.0 Å². The van der Waals surface area contributed by atoms with Crippen molar-refractivity contribution in [2.45, 2.75) is 58.6 Å². The van der Waals surface area contributed by atoms with E-state index in [9.17, 15) is 5.11 Å². The first kappa shape index (κ1) is 23.7. The number of guanidine groups is 1. The molecule has 0 atom stereocenters. The van der Waals surface area contributed by atoms with Crippen molar-refractivity contribution in [1.29, 1.82) is 0 Å². The maximum absolute atomic E-state index is 10.8. The van der Waals surface area contributed by atoms with Gasteiger partial charge in [-0.1, -0.05) is 38.8 Å². The fourth-order valence-electron chi connectivity index (χ4n) is 3.31. The molecule has 0 amide bonds. The third-order valence-corrected chi connectivity index (χ3v) is 4.62. The molecule has 152 valence electrons. The van der Waals surface area contributed by atoms with Gasteiger partial charge in [0.1, 0.15) is 12.4 Å². The predicted molar refractivity (Wildman–Crippen MR) is 124 cm³/mol. The van der Waals surface area contributed by atoms with Crippen LogP contribution < -0.4 is 10.6 Å². The highest BCUT2D eigenvalue weighted by Gasteiger charge is 2.24. The third-order valence-electron chi connectivity index (χ3n) is 4.62. The molecular weight excluding hydrogens is 453 g/mol. The summed E-state index contributed by atoms with van der Waals surface area (Å²) in [6.45, 7) is 8.01. The van der Waals surface area contributed by atoms with Crippen LogP contribution in [0.4, 0.5) is 0 Å².